The average Bonchev–Trinajstić information content (AvgIpc) is 3.04. The van der Waals surface area contributed by atoms with Crippen molar-refractivity contribution in [2.75, 3.05) is 5.32 Å². The molecular weight excluding hydrogens is 276 g/mol. The predicted molar refractivity (Wildman–Crippen MR) is 85.9 cm³/mol. The zero-order valence-corrected chi connectivity index (χ0v) is 12.0. The van der Waals surface area contributed by atoms with Crippen LogP contribution in [-0.2, 0) is 0 Å². The maximum atomic E-state index is 10.8. The quantitative estimate of drug-likeness (QED) is 0.506. The summed E-state index contributed by atoms with van der Waals surface area (Å²) in [6, 6.07) is 15.5. The Balaban J connectivity index is 1.72. The number of hydrogen-bond acceptors (Lipinski definition) is 3. The van der Waals surface area contributed by atoms with Gasteiger partial charge in [0.25, 0.3) is 5.69 Å². The summed E-state index contributed by atoms with van der Waals surface area (Å²) in [5.41, 5.74) is 3.76. The molecule has 22 heavy (non-hydrogen) atoms. The summed E-state index contributed by atoms with van der Waals surface area (Å²) in [6.07, 6.45) is 5.58. The number of nitrogens with zero attached hydrogens (tertiary/aromatic N) is 1. The molecule has 0 saturated carbocycles. The summed E-state index contributed by atoms with van der Waals surface area (Å²) in [4.78, 5) is 10.5. The van der Waals surface area contributed by atoms with E-state index in [1.54, 1.807) is 12.1 Å². The smallest absolute Gasteiger partial charge is 0.269 e. The van der Waals surface area contributed by atoms with Crippen molar-refractivity contribution in [3.63, 3.8) is 0 Å². The lowest BCUT2D eigenvalue weighted by molar-refractivity contribution is -0.384. The van der Waals surface area contributed by atoms with Crippen LogP contribution in [-0.4, -0.2) is 4.92 Å². The molecule has 0 spiro atoms. The van der Waals surface area contributed by atoms with Gasteiger partial charge in [-0.2, -0.15) is 0 Å². The van der Waals surface area contributed by atoms with Crippen LogP contribution in [0.15, 0.2) is 60.7 Å². The minimum Gasteiger partial charge on any atom is -0.378 e. The molecule has 0 radical (unpaired) electrons. The summed E-state index contributed by atoms with van der Waals surface area (Å²) < 4.78 is 0. The Hall–Kier alpha value is -2.62. The molecule has 2 aliphatic rings. The second-order valence-corrected chi connectivity index (χ2v) is 5.91. The van der Waals surface area contributed by atoms with E-state index in [0.29, 0.717) is 11.8 Å². The normalized spacial score (nSPS) is 25.2. The minimum absolute atomic E-state index is 0.140. The van der Waals surface area contributed by atoms with Crippen molar-refractivity contribution in [2.24, 2.45) is 5.92 Å². The van der Waals surface area contributed by atoms with Gasteiger partial charge in [-0.15, -0.1) is 0 Å². The van der Waals surface area contributed by atoms with Crippen LogP contribution >= 0.6 is 0 Å². The number of rotatable bonds is 2. The average molecular weight is 292 g/mol. The number of para-hydroxylation sites is 1. The van der Waals surface area contributed by atoms with Crippen molar-refractivity contribution in [3.8, 4) is 0 Å². The fraction of sp³-hybridized carbons (Fsp3) is 0.222. The van der Waals surface area contributed by atoms with Crippen molar-refractivity contribution < 1.29 is 4.92 Å². The molecule has 1 heterocycles. The zero-order valence-electron chi connectivity index (χ0n) is 12.0. The molecule has 0 aromatic heterocycles. The maximum absolute atomic E-state index is 10.8. The topological polar surface area (TPSA) is 55.2 Å². The molecule has 1 aliphatic carbocycles. The second kappa shape index (κ2) is 4.98. The third kappa shape index (κ3) is 1.99. The van der Waals surface area contributed by atoms with Crippen molar-refractivity contribution >= 4 is 11.4 Å². The Morgan fingerprint density at radius 1 is 1.09 bits per heavy atom. The Kier molecular flexibility index (Phi) is 2.96. The number of nitro benzene ring substituents is 1. The van der Waals surface area contributed by atoms with Crippen LogP contribution in [0.4, 0.5) is 11.4 Å². The highest BCUT2D eigenvalue weighted by Crippen LogP contribution is 2.49. The lowest BCUT2D eigenvalue weighted by atomic mass is 9.77. The molecule has 0 saturated heterocycles. The van der Waals surface area contributed by atoms with E-state index in [1.807, 2.05) is 18.2 Å². The number of nitrogens with one attached hydrogen (secondary N) is 1. The summed E-state index contributed by atoms with van der Waals surface area (Å²) in [6.45, 7) is 0. The number of hydrogen-bond donors (Lipinski definition) is 1. The van der Waals surface area contributed by atoms with E-state index in [0.717, 1.165) is 12.0 Å². The molecule has 0 amide bonds. The standard InChI is InChI=1S/C18H16N2O2/c21-20(22)13-10-8-12(9-11-13)18-16-6-3-5-14(16)15-4-1-2-7-17(15)19-18/h1-5,7-11,14,16,18-19H,6H2/t14-,16-,18-/m0/s1. The molecule has 0 bridgehead atoms. The number of benzene rings is 2. The summed E-state index contributed by atoms with van der Waals surface area (Å²) in [7, 11) is 0. The molecular formula is C18H16N2O2. The highest BCUT2D eigenvalue weighted by atomic mass is 16.6. The maximum Gasteiger partial charge on any atom is 0.269 e. The number of allylic oxidation sites excluding steroid dienone is 2. The molecule has 0 fully saturated rings. The van der Waals surface area contributed by atoms with E-state index in [1.165, 1.54) is 11.3 Å². The molecule has 1 aliphatic heterocycles. The number of non-ortho nitro benzene ring substituents is 1. The van der Waals surface area contributed by atoms with Crippen LogP contribution in [0.5, 0.6) is 0 Å². The van der Waals surface area contributed by atoms with Gasteiger partial charge >= 0.3 is 0 Å². The van der Waals surface area contributed by atoms with Crippen molar-refractivity contribution in [1.82, 2.24) is 0 Å². The number of fused-ring (bicyclic) bond motifs is 3. The molecule has 4 rings (SSSR count). The van der Waals surface area contributed by atoms with E-state index in [2.05, 4.69) is 35.7 Å². The Labute approximate surface area is 128 Å². The highest BCUT2D eigenvalue weighted by molar-refractivity contribution is 5.59. The minimum atomic E-state index is -0.354. The first kappa shape index (κ1) is 13.1. The van der Waals surface area contributed by atoms with E-state index in [9.17, 15) is 10.1 Å². The van der Waals surface area contributed by atoms with Gasteiger partial charge in [0, 0.05) is 23.7 Å². The van der Waals surface area contributed by atoms with Gasteiger partial charge in [0.1, 0.15) is 0 Å². The van der Waals surface area contributed by atoms with Crippen LogP contribution in [0.1, 0.15) is 29.5 Å². The monoisotopic (exact) mass is 292 g/mol. The van der Waals surface area contributed by atoms with Gasteiger partial charge in [-0.1, -0.05) is 42.5 Å². The van der Waals surface area contributed by atoms with Crippen LogP contribution in [0, 0.1) is 16.0 Å². The molecule has 1 N–H and O–H groups in total. The van der Waals surface area contributed by atoms with Crippen molar-refractivity contribution in [2.45, 2.75) is 18.4 Å². The fourth-order valence-corrected chi connectivity index (χ4v) is 3.68. The van der Waals surface area contributed by atoms with Gasteiger partial charge in [-0.3, -0.25) is 10.1 Å². The van der Waals surface area contributed by atoms with Crippen LogP contribution in [0.25, 0.3) is 0 Å². The molecule has 4 heteroatoms. The lowest BCUT2D eigenvalue weighted by Gasteiger charge is -2.37. The van der Waals surface area contributed by atoms with Gasteiger partial charge in [-0.25, -0.2) is 0 Å². The third-order valence-corrected chi connectivity index (χ3v) is 4.74. The van der Waals surface area contributed by atoms with Gasteiger partial charge in [0.05, 0.1) is 11.0 Å². The predicted octanol–water partition coefficient (Wildman–Crippen LogP) is 4.42. The van der Waals surface area contributed by atoms with E-state index in [4.69, 9.17) is 0 Å². The van der Waals surface area contributed by atoms with Gasteiger partial charge in [0.15, 0.2) is 0 Å². The Bertz CT molecular complexity index is 752. The first-order valence-electron chi connectivity index (χ1n) is 7.50. The second-order valence-electron chi connectivity index (χ2n) is 5.91. The number of anilines is 1. The zero-order chi connectivity index (χ0) is 15.1. The van der Waals surface area contributed by atoms with Crippen molar-refractivity contribution in [1.29, 1.82) is 0 Å². The number of nitro groups is 1. The molecule has 0 unspecified atom stereocenters. The van der Waals surface area contributed by atoms with Crippen LogP contribution < -0.4 is 5.32 Å². The molecule has 110 valence electrons. The van der Waals surface area contributed by atoms with Gasteiger partial charge in [-0.05, 0) is 29.5 Å². The Morgan fingerprint density at radius 2 is 1.86 bits per heavy atom. The fourth-order valence-electron chi connectivity index (χ4n) is 3.68. The van der Waals surface area contributed by atoms with E-state index in [-0.39, 0.29) is 16.7 Å². The summed E-state index contributed by atoms with van der Waals surface area (Å²) >= 11 is 0. The third-order valence-electron chi connectivity index (χ3n) is 4.74. The lowest BCUT2D eigenvalue weighted by Crippen LogP contribution is -2.28. The van der Waals surface area contributed by atoms with Crippen LogP contribution in [0.2, 0.25) is 0 Å². The molecule has 2 aromatic rings. The highest BCUT2D eigenvalue weighted by Gasteiger charge is 2.37. The van der Waals surface area contributed by atoms with Gasteiger partial charge < -0.3 is 5.32 Å². The summed E-state index contributed by atoms with van der Waals surface area (Å²) in [5, 5.41) is 14.4. The summed E-state index contributed by atoms with van der Waals surface area (Å²) in [5.74, 6) is 0.897. The first-order chi connectivity index (χ1) is 10.7. The first-order valence-corrected chi connectivity index (χ1v) is 7.50. The van der Waals surface area contributed by atoms with E-state index >= 15 is 0 Å². The van der Waals surface area contributed by atoms with Gasteiger partial charge in [0.2, 0.25) is 0 Å². The Morgan fingerprint density at radius 3 is 2.64 bits per heavy atom. The van der Waals surface area contributed by atoms with Crippen LogP contribution in [0.3, 0.4) is 0 Å². The molecule has 2 aromatic carbocycles. The SMILES string of the molecule is O=[N+]([O-])c1ccc([C@@H]2Nc3ccccc3[C@@H]3C=CC[C@@H]32)cc1. The molecule has 3 atom stereocenters. The molecule has 4 nitrogen and oxygen atoms in total. The largest absolute Gasteiger partial charge is 0.378 e. The van der Waals surface area contributed by atoms with E-state index < -0.39 is 0 Å². The van der Waals surface area contributed by atoms with Crippen molar-refractivity contribution in [3.05, 3.63) is 81.9 Å².